The molecule has 11 heteroatoms. The Bertz CT molecular complexity index is 1000. The van der Waals surface area contributed by atoms with Gasteiger partial charge in [0.15, 0.2) is 27.3 Å². The molecule has 0 saturated heterocycles. The van der Waals surface area contributed by atoms with Gasteiger partial charge in [0.05, 0.1) is 5.69 Å². The number of nitrogens with two attached hydrogens (primary N) is 1. The molecule has 0 aliphatic heterocycles. The summed E-state index contributed by atoms with van der Waals surface area (Å²) in [5.74, 6) is -2.29. The van der Waals surface area contributed by atoms with Crippen LogP contribution < -0.4 is 16.4 Å². The van der Waals surface area contributed by atoms with Crippen LogP contribution in [0.25, 0.3) is 11.4 Å². The van der Waals surface area contributed by atoms with Gasteiger partial charge in [-0.1, -0.05) is 0 Å². The van der Waals surface area contributed by atoms with E-state index in [2.05, 4.69) is 20.6 Å². The first-order chi connectivity index (χ1) is 12.9. The van der Waals surface area contributed by atoms with Crippen LogP contribution in [0, 0.1) is 11.6 Å². The summed E-state index contributed by atoms with van der Waals surface area (Å²) in [6.07, 6.45) is 1.05. The molecule has 1 heterocycles. The lowest BCUT2D eigenvalue weighted by Gasteiger charge is -2.22. The number of carbonyl (C=O) groups excluding carboxylic acids is 1. The molecule has 4 N–H and O–H groups in total. The lowest BCUT2D eigenvalue weighted by Crippen LogP contribution is -2.29. The number of carbonyl (C=O) groups is 1. The van der Waals surface area contributed by atoms with E-state index in [0.717, 1.165) is 18.4 Å². The minimum atomic E-state index is -3.56. The summed E-state index contributed by atoms with van der Waals surface area (Å²) < 4.78 is 51.4. The van der Waals surface area contributed by atoms with Crippen molar-refractivity contribution in [2.45, 2.75) is 25.5 Å². The van der Waals surface area contributed by atoms with Crippen molar-refractivity contribution < 1.29 is 22.0 Å². The van der Waals surface area contributed by atoms with Crippen LogP contribution in [-0.2, 0) is 14.6 Å². The molecule has 0 atom stereocenters. The van der Waals surface area contributed by atoms with Gasteiger partial charge in [-0.15, -0.1) is 0 Å². The summed E-state index contributed by atoms with van der Waals surface area (Å²) in [6, 6.07) is 2.39. The molecule has 0 aliphatic carbocycles. The van der Waals surface area contributed by atoms with Gasteiger partial charge in [-0.2, -0.15) is 0 Å². The van der Waals surface area contributed by atoms with Crippen molar-refractivity contribution in [2.24, 2.45) is 0 Å². The number of benzene rings is 1. The van der Waals surface area contributed by atoms with Crippen LogP contribution in [0.5, 0.6) is 0 Å². The molecule has 0 saturated carbocycles. The third-order valence-electron chi connectivity index (χ3n) is 4.17. The van der Waals surface area contributed by atoms with Crippen LogP contribution in [-0.4, -0.2) is 37.2 Å². The number of amides is 2. The van der Waals surface area contributed by atoms with E-state index in [1.165, 1.54) is 19.9 Å². The largest absolute Gasteiger partial charge is 0.384 e. The second-order valence-corrected chi connectivity index (χ2v) is 9.15. The Hall–Kier alpha value is -2.82. The summed E-state index contributed by atoms with van der Waals surface area (Å²) in [4.78, 5) is 19.6. The quantitative estimate of drug-likeness (QED) is 0.691. The first kappa shape index (κ1) is 21.5. The van der Waals surface area contributed by atoms with Gasteiger partial charge in [0, 0.05) is 24.4 Å². The molecule has 2 aromatic rings. The number of nitrogens with zero attached hydrogens (tertiary/aromatic N) is 2. The summed E-state index contributed by atoms with van der Waals surface area (Å²) >= 11 is 0. The van der Waals surface area contributed by atoms with Gasteiger partial charge in [-0.3, -0.25) is 0 Å². The van der Waals surface area contributed by atoms with Gasteiger partial charge in [0.2, 0.25) is 0 Å². The molecule has 1 aromatic heterocycles. The number of nitrogens with one attached hydrogen (secondary N) is 2. The average molecular weight is 413 g/mol. The highest BCUT2D eigenvalue weighted by molar-refractivity contribution is 7.91. The second kappa shape index (κ2) is 7.66. The molecule has 28 heavy (non-hydrogen) atoms. The molecule has 8 nitrogen and oxygen atoms in total. The summed E-state index contributed by atoms with van der Waals surface area (Å²) in [6.45, 7) is 4.81. The molecule has 1 aromatic carbocycles. The molecular formula is C17H21F2N5O3S. The summed E-state index contributed by atoms with van der Waals surface area (Å²) in [5.41, 5.74) is 5.14. The van der Waals surface area contributed by atoms with Gasteiger partial charge in [0.1, 0.15) is 16.3 Å². The van der Waals surface area contributed by atoms with E-state index in [1.807, 2.05) is 0 Å². The minimum absolute atomic E-state index is 0.0536. The lowest BCUT2D eigenvalue weighted by atomic mass is 10.1. The van der Waals surface area contributed by atoms with Gasteiger partial charge in [0.25, 0.3) is 0 Å². The lowest BCUT2D eigenvalue weighted by molar-refractivity contribution is 0.252. The molecule has 2 amide bonds. The fraction of sp³-hybridized carbons (Fsp3) is 0.353. The van der Waals surface area contributed by atoms with Crippen molar-refractivity contribution in [1.82, 2.24) is 15.3 Å². The van der Waals surface area contributed by atoms with E-state index in [1.54, 1.807) is 6.92 Å². The number of aromatic nitrogens is 2. The van der Waals surface area contributed by atoms with E-state index in [9.17, 15) is 22.0 Å². The maximum absolute atomic E-state index is 14.4. The Labute approximate surface area is 161 Å². The van der Waals surface area contributed by atoms with Crippen LogP contribution >= 0.6 is 0 Å². The molecule has 152 valence electrons. The highest BCUT2D eigenvalue weighted by Gasteiger charge is 2.34. The number of hydrogen-bond acceptors (Lipinski definition) is 6. The van der Waals surface area contributed by atoms with E-state index in [4.69, 9.17) is 5.73 Å². The van der Waals surface area contributed by atoms with Crippen LogP contribution in [0.4, 0.5) is 25.1 Å². The van der Waals surface area contributed by atoms with Crippen LogP contribution in [0.3, 0.4) is 0 Å². The predicted molar refractivity (Wildman–Crippen MR) is 102 cm³/mol. The van der Waals surface area contributed by atoms with Crippen molar-refractivity contribution in [3.05, 3.63) is 35.5 Å². The predicted octanol–water partition coefficient (Wildman–Crippen LogP) is 2.43. The Morgan fingerprint density at radius 2 is 1.75 bits per heavy atom. The SMILES string of the molecule is CCNC(=O)Nc1c(F)cc(-c2nc(N)cc(C(C)(C)S(C)(=O)=O)n2)cc1F. The average Bonchev–Trinajstić information content (AvgIpc) is 2.56. The smallest absolute Gasteiger partial charge is 0.319 e. The minimum Gasteiger partial charge on any atom is -0.384 e. The standard InChI is InChI=1S/C17H21F2N5O3S/c1-5-21-16(25)24-14-10(18)6-9(7-11(14)19)15-22-12(8-13(20)23-15)17(2,3)28(4,26)27/h6-8H,5H2,1-4H3,(H2,20,22,23)(H2,21,24,25). The zero-order valence-corrected chi connectivity index (χ0v) is 16.6. The maximum atomic E-state index is 14.4. The van der Waals surface area contributed by atoms with Crippen molar-refractivity contribution in [2.75, 3.05) is 23.9 Å². The first-order valence-corrected chi connectivity index (χ1v) is 10.1. The Balaban J connectivity index is 2.53. The second-order valence-electron chi connectivity index (χ2n) is 6.58. The van der Waals surface area contributed by atoms with Crippen LogP contribution in [0.15, 0.2) is 18.2 Å². The van der Waals surface area contributed by atoms with E-state index >= 15 is 0 Å². The topological polar surface area (TPSA) is 127 Å². The van der Waals surface area contributed by atoms with Crippen LogP contribution in [0.2, 0.25) is 0 Å². The number of urea groups is 1. The summed E-state index contributed by atoms with van der Waals surface area (Å²) in [5, 5.41) is 4.44. The van der Waals surface area contributed by atoms with E-state index < -0.39 is 37.9 Å². The number of nitrogen functional groups attached to an aromatic ring is 1. The third-order valence-corrected chi connectivity index (χ3v) is 6.23. The molecule has 0 radical (unpaired) electrons. The van der Waals surface area contributed by atoms with Crippen molar-refractivity contribution in [3.63, 3.8) is 0 Å². The molecule has 0 aliphatic rings. The number of rotatable bonds is 5. The zero-order valence-electron chi connectivity index (χ0n) is 15.8. The van der Waals surface area contributed by atoms with Crippen molar-refractivity contribution >= 4 is 27.4 Å². The van der Waals surface area contributed by atoms with E-state index in [0.29, 0.717) is 0 Å². The van der Waals surface area contributed by atoms with Gasteiger partial charge in [-0.25, -0.2) is 32.0 Å². The Morgan fingerprint density at radius 1 is 1.18 bits per heavy atom. The molecule has 0 bridgehead atoms. The van der Waals surface area contributed by atoms with Gasteiger partial charge >= 0.3 is 6.03 Å². The van der Waals surface area contributed by atoms with Crippen LogP contribution in [0.1, 0.15) is 26.5 Å². The Morgan fingerprint density at radius 3 is 2.25 bits per heavy atom. The third kappa shape index (κ3) is 4.35. The van der Waals surface area contributed by atoms with Gasteiger partial charge < -0.3 is 16.4 Å². The summed E-state index contributed by atoms with van der Waals surface area (Å²) in [7, 11) is -3.56. The maximum Gasteiger partial charge on any atom is 0.319 e. The molecule has 0 fully saturated rings. The molecule has 2 rings (SSSR count). The Kier molecular flexibility index (Phi) is 5.88. The van der Waals surface area contributed by atoms with E-state index in [-0.39, 0.29) is 29.4 Å². The highest BCUT2D eigenvalue weighted by Crippen LogP contribution is 2.31. The molecule has 0 spiro atoms. The number of sulfone groups is 1. The van der Waals surface area contributed by atoms with Crippen molar-refractivity contribution in [1.29, 1.82) is 0 Å². The normalized spacial score (nSPS) is 11.9. The highest BCUT2D eigenvalue weighted by atomic mass is 32.2. The number of hydrogen-bond donors (Lipinski definition) is 3. The van der Waals surface area contributed by atoms with Gasteiger partial charge in [-0.05, 0) is 32.9 Å². The van der Waals surface area contributed by atoms with Crippen molar-refractivity contribution in [3.8, 4) is 11.4 Å². The first-order valence-electron chi connectivity index (χ1n) is 8.25. The zero-order chi connectivity index (χ0) is 21.3. The fourth-order valence-electron chi connectivity index (χ4n) is 2.23. The molecule has 0 unspecified atom stereocenters. The molecular weight excluding hydrogens is 392 g/mol. The fourth-order valence-corrected chi connectivity index (χ4v) is 2.72. The monoisotopic (exact) mass is 413 g/mol. The number of halogens is 2. The number of anilines is 2.